The van der Waals surface area contributed by atoms with Gasteiger partial charge in [-0.15, -0.1) is 11.3 Å². The number of aromatic amines is 1. The molecule has 0 saturated carbocycles. The quantitative estimate of drug-likeness (QED) is 0.776. The van der Waals surface area contributed by atoms with Gasteiger partial charge in [0.15, 0.2) is 4.96 Å². The van der Waals surface area contributed by atoms with Crippen LogP contribution < -0.4 is 5.32 Å². The Morgan fingerprint density at radius 3 is 2.95 bits per heavy atom. The van der Waals surface area contributed by atoms with Crippen molar-refractivity contribution in [2.45, 2.75) is 39.3 Å². The van der Waals surface area contributed by atoms with Crippen molar-refractivity contribution in [1.82, 2.24) is 24.9 Å². The van der Waals surface area contributed by atoms with E-state index in [-0.39, 0.29) is 5.41 Å². The molecular weight excluding hydrogens is 270 g/mol. The van der Waals surface area contributed by atoms with Crippen LogP contribution >= 0.6 is 11.3 Å². The van der Waals surface area contributed by atoms with Crippen molar-refractivity contribution in [3.63, 3.8) is 0 Å². The van der Waals surface area contributed by atoms with Crippen molar-refractivity contribution in [3.05, 3.63) is 40.9 Å². The van der Waals surface area contributed by atoms with Crippen LogP contribution in [0.4, 0.5) is 0 Å². The number of nitrogens with one attached hydrogen (secondary N) is 2. The molecule has 106 valence electrons. The molecule has 2 N–H and O–H groups in total. The van der Waals surface area contributed by atoms with Gasteiger partial charge in [-0.2, -0.15) is 5.10 Å². The Hall–Kier alpha value is -1.66. The molecule has 3 aromatic rings. The molecule has 5 nitrogen and oxygen atoms in total. The van der Waals surface area contributed by atoms with Gasteiger partial charge < -0.3 is 5.32 Å². The maximum atomic E-state index is 4.56. The van der Waals surface area contributed by atoms with Gasteiger partial charge in [-0.05, 0) is 0 Å². The molecule has 0 aliphatic heterocycles. The van der Waals surface area contributed by atoms with E-state index in [1.54, 1.807) is 11.3 Å². The Morgan fingerprint density at radius 1 is 1.35 bits per heavy atom. The van der Waals surface area contributed by atoms with E-state index >= 15 is 0 Å². The molecular formula is C14H19N5S. The first kappa shape index (κ1) is 13.3. The van der Waals surface area contributed by atoms with Crippen LogP contribution in [0.2, 0.25) is 0 Å². The minimum absolute atomic E-state index is 0.0878. The molecule has 0 radical (unpaired) electrons. The fourth-order valence-corrected chi connectivity index (χ4v) is 3.00. The third kappa shape index (κ3) is 2.62. The summed E-state index contributed by atoms with van der Waals surface area (Å²) in [6.07, 6.45) is 6.00. The molecule has 0 amide bonds. The lowest BCUT2D eigenvalue weighted by Gasteiger charge is -2.18. The van der Waals surface area contributed by atoms with Gasteiger partial charge in [0.05, 0.1) is 11.9 Å². The summed E-state index contributed by atoms with van der Waals surface area (Å²) in [5.41, 5.74) is 3.57. The Bertz CT molecular complexity index is 672. The summed E-state index contributed by atoms with van der Waals surface area (Å²) in [4.78, 5) is 5.60. The SMILES string of the molecule is CC(C)(C)c1[nH]ncc1CNCc1cn2ccsc2n1. The number of rotatable bonds is 4. The largest absolute Gasteiger partial charge is 0.307 e. The number of aromatic nitrogens is 4. The van der Waals surface area contributed by atoms with Crippen molar-refractivity contribution in [2.24, 2.45) is 0 Å². The minimum Gasteiger partial charge on any atom is -0.307 e. The molecule has 0 spiro atoms. The molecule has 0 aliphatic carbocycles. The Morgan fingerprint density at radius 2 is 2.20 bits per heavy atom. The van der Waals surface area contributed by atoms with Gasteiger partial charge in [-0.1, -0.05) is 20.8 Å². The second kappa shape index (κ2) is 5.03. The molecule has 6 heteroatoms. The predicted octanol–water partition coefficient (Wildman–Crippen LogP) is 2.71. The summed E-state index contributed by atoms with van der Waals surface area (Å²) in [5.74, 6) is 0. The first-order chi connectivity index (χ1) is 9.54. The van der Waals surface area contributed by atoms with Gasteiger partial charge in [0.2, 0.25) is 0 Å². The summed E-state index contributed by atoms with van der Waals surface area (Å²) in [5, 5.41) is 12.7. The first-order valence-electron chi connectivity index (χ1n) is 6.68. The molecule has 0 saturated heterocycles. The van der Waals surface area contributed by atoms with Crippen molar-refractivity contribution in [3.8, 4) is 0 Å². The smallest absolute Gasteiger partial charge is 0.193 e. The zero-order valence-electron chi connectivity index (χ0n) is 12.0. The number of fused-ring (bicyclic) bond motifs is 1. The molecule has 20 heavy (non-hydrogen) atoms. The third-order valence-corrected chi connectivity index (χ3v) is 4.00. The lowest BCUT2D eigenvalue weighted by molar-refractivity contribution is 0.553. The fraction of sp³-hybridized carbons (Fsp3) is 0.429. The average Bonchev–Trinajstić information content (AvgIpc) is 3.00. The van der Waals surface area contributed by atoms with E-state index in [0.29, 0.717) is 0 Å². The van der Waals surface area contributed by atoms with Gasteiger partial charge in [0.1, 0.15) is 0 Å². The number of imidazole rings is 1. The van der Waals surface area contributed by atoms with Crippen LogP contribution in [0.3, 0.4) is 0 Å². The van der Waals surface area contributed by atoms with E-state index in [1.807, 2.05) is 17.8 Å². The summed E-state index contributed by atoms with van der Waals surface area (Å²) < 4.78 is 2.06. The van der Waals surface area contributed by atoms with Crippen molar-refractivity contribution >= 4 is 16.3 Å². The molecule has 0 aliphatic rings. The normalized spacial score (nSPS) is 12.3. The van der Waals surface area contributed by atoms with E-state index < -0.39 is 0 Å². The highest BCUT2D eigenvalue weighted by atomic mass is 32.1. The third-order valence-electron chi connectivity index (χ3n) is 3.23. The summed E-state index contributed by atoms with van der Waals surface area (Å²) >= 11 is 1.65. The van der Waals surface area contributed by atoms with Gasteiger partial charge in [-0.25, -0.2) is 4.98 Å². The highest BCUT2D eigenvalue weighted by molar-refractivity contribution is 7.15. The Labute approximate surface area is 122 Å². The molecule has 0 fully saturated rings. The molecule has 3 aromatic heterocycles. The fourth-order valence-electron chi connectivity index (χ4n) is 2.28. The maximum absolute atomic E-state index is 4.56. The van der Waals surface area contributed by atoms with E-state index in [2.05, 4.69) is 51.9 Å². The van der Waals surface area contributed by atoms with Crippen LogP contribution in [0.1, 0.15) is 37.7 Å². The van der Waals surface area contributed by atoms with Crippen LogP contribution in [0.15, 0.2) is 24.0 Å². The standard InChI is InChI=1S/C14H19N5S/c1-14(2,3)12-10(7-16-18-12)6-15-8-11-9-19-4-5-20-13(19)17-11/h4-5,7,9,15H,6,8H2,1-3H3,(H,16,18). The van der Waals surface area contributed by atoms with Gasteiger partial charge >= 0.3 is 0 Å². The second-order valence-corrected chi connectivity index (χ2v) is 6.82. The topological polar surface area (TPSA) is 58.0 Å². The highest BCUT2D eigenvalue weighted by Crippen LogP contribution is 2.23. The lowest BCUT2D eigenvalue weighted by atomic mass is 9.89. The summed E-state index contributed by atoms with van der Waals surface area (Å²) in [7, 11) is 0. The molecule has 3 heterocycles. The van der Waals surface area contributed by atoms with E-state index in [0.717, 1.165) is 23.7 Å². The van der Waals surface area contributed by atoms with Crippen LogP contribution in [0.5, 0.6) is 0 Å². The van der Waals surface area contributed by atoms with E-state index in [1.165, 1.54) is 11.3 Å². The highest BCUT2D eigenvalue weighted by Gasteiger charge is 2.19. The average molecular weight is 289 g/mol. The van der Waals surface area contributed by atoms with Crippen molar-refractivity contribution in [2.75, 3.05) is 0 Å². The summed E-state index contributed by atoms with van der Waals surface area (Å²) in [6.45, 7) is 8.13. The number of thiazole rings is 1. The van der Waals surface area contributed by atoms with Crippen molar-refractivity contribution in [1.29, 1.82) is 0 Å². The van der Waals surface area contributed by atoms with E-state index in [9.17, 15) is 0 Å². The molecule has 0 unspecified atom stereocenters. The van der Waals surface area contributed by atoms with E-state index in [4.69, 9.17) is 0 Å². The zero-order chi connectivity index (χ0) is 14.2. The van der Waals surface area contributed by atoms with Crippen LogP contribution in [-0.2, 0) is 18.5 Å². The maximum Gasteiger partial charge on any atom is 0.193 e. The van der Waals surface area contributed by atoms with Gasteiger partial charge in [-0.3, -0.25) is 9.50 Å². The summed E-state index contributed by atoms with van der Waals surface area (Å²) in [6, 6.07) is 0. The van der Waals surface area contributed by atoms with Crippen LogP contribution in [-0.4, -0.2) is 19.6 Å². The predicted molar refractivity (Wildman–Crippen MR) is 80.9 cm³/mol. The Kier molecular flexibility index (Phi) is 3.35. The zero-order valence-corrected chi connectivity index (χ0v) is 12.8. The molecule has 0 atom stereocenters. The minimum atomic E-state index is 0.0878. The lowest BCUT2D eigenvalue weighted by Crippen LogP contribution is -2.19. The first-order valence-corrected chi connectivity index (χ1v) is 7.56. The number of hydrogen-bond acceptors (Lipinski definition) is 4. The number of hydrogen-bond donors (Lipinski definition) is 2. The van der Waals surface area contributed by atoms with Crippen LogP contribution in [0, 0.1) is 0 Å². The van der Waals surface area contributed by atoms with Gasteiger partial charge in [0.25, 0.3) is 0 Å². The van der Waals surface area contributed by atoms with Crippen molar-refractivity contribution < 1.29 is 0 Å². The monoisotopic (exact) mass is 289 g/mol. The molecule has 0 bridgehead atoms. The molecule has 3 rings (SSSR count). The van der Waals surface area contributed by atoms with Gasteiger partial charge in [0, 0.05) is 47.5 Å². The number of H-pyrrole nitrogens is 1. The molecule has 0 aromatic carbocycles. The second-order valence-electron chi connectivity index (χ2n) is 5.95. The van der Waals surface area contributed by atoms with Crippen LogP contribution in [0.25, 0.3) is 4.96 Å². The number of nitrogens with zero attached hydrogens (tertiary/aromatic N) is 3. The Balaban J connectivity index is 1.63.